The van der Waals surface area contributed by atoms with Gasteiger partial charge in [0, 0.05) is 85.1 Å². The van der Waals surface area contributed by atoms with E-state index in [1.807, 2.05) is 42.6 Å². The maximum absolute atomic E-state index is 13.4. The van der Waals surface area contributed by atoms with Crippen molar-refractivity contribution in [1.29, 1.82) is 0 Å². The highest BCUT2D eigenvalue weighted by Gasteiger charge is 2.30. The number of aromatic nitrogens is 5. The summed E-state index contributed by atoms with van der Waals surface area (Å²) in [5.41, 5.74) is 8.95. The van der Waals surface area contributed by atoms with Gasteiger partial charge in [0.15, 0.2) is 0 Å². The molecule has 0 radical (unpaired) electrons. The number of esters is 1. The number of methoxy groups -OCH3 is 1. The van der Waals surface area contributed by atoms with E-state index in [9.17, 15) is 4.79 Å². The molecule has 258 valence electrons. The van der Waals surface area contributed by atoms with E-state index in [4.69, 9.17) is 31.3 Å². The summed E-state index contributed by atoms with van der Waals surface area (Å²) in [4.78, 5) is 14.6. The summed E-state index contributed by atoms with van der Waals surface area (Å²) in [6.07, 6.45) is 2.68. The third kappa shape index (κ3) is 5.89. The zero-order chi connectivity index (χ0) is 34.5. The standard InChI is InChI=1S/C39H40ClN5O3S2/c1-23(2)45-27-18-26(41-45)20-49-22-31-37(33-11-7-15-44(33)42-31)36-30(40)12-13-32-35(36)24(3)38(39(46)47-4)43(32)14-8-16-48-34-19-28(50-21-27)17-25-9-5-6-10-29(25)34/h5-6,9-10,12-13,17-19,23H,7-8,11,14-16,20-22H2,1-4H3. The smallest absolute Gasteiger partial charge is 0.354 e. The Morgan fingerprint density at radius 1 is 1.00 bits per heavy atom. The Labute approximate surface area is 305 Å². The number of carbonyl (C=O) groups is 1. The topological polar surface area (TPSA) is 76.1 Å². The van der Waals surface area contributed by atoms with Gasteiger partial charge in [-0.3, -0.25) is 9.36 Å². The Bertz CT molecular complexity index is 2270. The summed E-state index contributed by atoms with van der Waals surface area (Å²) in [5.74, 6) is 2.81. The Morgan fingerprint density at radius 2 is 1.86 bits per heavy atom. The predicted octanol–water partition coefficient (Wildman–Crippen LogP) is 9.64. The Morgan fingerprint density at radius 3 is 2.70 bits per heavy atom. The molecule has 0 unspecified atom stereocenters. The minimum atomic E-state index is -0.358. The molecule has 2 aliphatic rings. The molecule has 0 saturated heterocycles. The summed E-state index contributed by atoms with van der Waals surface area (Å²) in [6, 6.07) is 19.3. The average Bonchev–Trinajstić information content (AvgIpc) is 3.88. The lowest BCUT2D eigenvalue weighted by atomic mass is 9.96. The maximum atomic E-state index is 13.4. The van der Waals surface area contributed by atoms with E-state index < -0.39 is 0 Å². The molecule has 8 nitrogen and oxygen atoms in total. The van der Waals surface area contributed by atoms with Gasteiger partial charge in [0.05, 0.1) is 25.1 Å². The van der Waals surface area contributed by atoms with Gasteiger partial charge in [-0.1, -0.05) is 35.9 Å². The highest BCUT2D eigenvalue weighted by atomic mass is 35.5. The normalized spacial score (nSPS) is 15.2. The average molecular weight is 726 g/mol. The lowest BCUT2D eigenvalue weighted by Gasteiger charge is -2.15. The van der Waals surface area contributed by atoms with Crippen LogP contribution in [0.2, 0.25) is 5.02 Å². The number of nitrogens with zero attached hydrogens (tertiary/aromatic N) is 5. The van der Waals surface area contributed by atoms with Crippen LogP contribution in [0.1, 0.15) is 71.6 Å². The van der Waals surface area contributed by atoms with Gasteiger partial charge >= 0.3 is 5.97 Å². The zero-order valence-electron chi connectivity index (χ0n) is 28.8. The Kier molecular flexibility index (Phi) is 9.12. The van der Waals surface area contributed by atoms with Crippen LogP contribution in [0.4, 0.5) is 0 Å². The number of halogens is 1. The molecule has 8 bridgehead atoms. The molecule has 0 spiro atoms. The number of aryl methyl sites for hydroxylation is 3. The van der Waals surface area contributed by atoms with Gasteiger partial charge in [0.1, 0.15) is 11.4 Å². The van der Waals surface area contributed by atoms with E-state index in [1.54, 1.807) is 0 Å². The Hall–Kier alpha value is -3.86. The van der Waals surface area contributed by atoms with Crippen LogP contribution in [0.15, 0.2) is 59.5 Å². The number of rotatable bonds is 2. The summed E-state index contributed by atoms with van der Waals surface area (Å²) in [7, 11) is 1.44. The zero-order valence-corrected chi connectivity index (χ0v) is 31.2. The van der Waals surface area contributed by atoms with Gasteiger partial charge in [-0.2, -0.15) is 10.2 Å². The lowest BCUT2D eigenvalue weighted by molar-refractivity contribution is 0.0587. The van der Waals surface area contributed by atoms with Gasteiger partial charge < -0.3 is 14.0 Å². The quantitative estimate of drug-likeness (QED) is 0.165. The van der Waals surface area contributed by atoms with Crippen molar-refractivity contribution in [2.45, 2.75) is 81.3 Å². The molecule has 50 heavy (non-hydrogen) atoms. The molecule has 3 aromatic heterocycles. The highest BCUT2D eigenvalue weighted by Crippen LogP contribution is 2.45. The van der Waals surface area contributed by atoms with Crippen molar-refractivity contribution in [1.82, 2.24) is 24.1 Å². The molecule has 0 amide bonds. The number of carbonyl (C=O) groups excluding carboxylic acids is 1. The third-order valence-electron chi connectivity index (χ3n) is 9.78. The van der Waals surface area contributed by atoms with Crippen molar-refractivity contribution in [3.63, 3.8) is 0 Å². The van der Waals surface area contributed by atoms with Crippen molar-refractivity contribution < 1.29 is 14.3 Å². The molecular weight excluding hydrogens is 686 g/mol. The molecule has 6 aromatic rings. The van der Waals surface area contributed by atoms with Gasteiger partial charge in [0.25, 0.3) is 0 Å². The van der Waals surface area contributed by atoms with Gasteiger partial charge in [-0.05, 0) is 81.3 Å². The van der Waals surface area contributed by atoms with Crippen LogP contribution in [-0.2, 0) is 41.5 Å². The monoisotopic (exact) mass is 725 g/mol. The molecule has 0 N–H and O–H groups in total. The molecule has 0 aliphatic carbocycles. The highest BCUT2D eigenvalue weighted by molar-refractivity contribution is 7.98. The molecule has 0 saturated carbocycles. The Balaban J connectivity index is 1.27. The van der Waals surface area contributed by atoms with E-state index >= 15 is 0 Å². The first kappa shape index (κ1) is 33.3. The van der Waals surface area contributed by atoms with Crippen LogP contribution in [-0.4, -0.2) is 43.8 Å². The minimum Gasteiger partial charge on any atom is -0.493 e. The van der Waals surface area contributed by atoms with Gasteiger partial charge in [0.2, 0.25) is 0 Å². The first-order valence-corrected chi connectivity index (χ1v) is 19.8. The number of fused-ring (bicyclic) bond motifs is 10. The summed E-state index contributed by atoms with van der Waals surface area (Å²) in [5, 5.41) is 14.1. The van der Waals surface area contributed by atoms with Crippen LogP contribution >= 0.6 is 35.1 Å². The second kappa shape index (κ2) is 13.7. The van der Waals surface area contributed by atoms with Gasteiger partial charge in [-0.25, -0.2) is 4.79 Å². The van der Waals surface area contributed by atoms with E-state index in [1.165, 1.54) is 18.5 Å². The molecule has 8 rings (SSSR count). The maximum Gasteiger partial charge on any atom is 0.354 e. The summed E-state index contributed by atoms with van der Waals surface area (Å²) >= 11 is 10.8. The fourth-order valence-electron chi connectivity index (χ4n) is 7.61. The third-order valence-corrected chi connectivity index (χ3v) is 12.1. The second-order valence-corrected chi connectivity index (χ2v) is 15.8. The van der Waals surface area contributed by atoms with Gasteiger partial charge in [-0.15, -0.1) is 23.5 Å². The fraction of sp³-hybridized carbons (Fsp3) is 0.359. The molecule has 5 heterocycles. The number of ether oxygens (including phenoxy) is 2. The number of thioether (sulfide) groups is 2. The minimum absolute atomic E-state index is 0.251. The number of hydrogen-bond donors (Lipinski definition) is 0. The van der Waals surface area contributed by atoms with E-state index in [0.717, 1.165) is 97.0 Å². The molecule has 0 fully saturated rings. The molecule has 3 aromatic carbocycles. The summed E-state index contributed by atoms with van der Waals surface area (Å²) < 4.78 is 18.3. The van der Waals surface area contributed by atoms with Crippen molar-refractivity contribution in [3.8, 4) is 16.9 Å². The van der Waals surface area contributed by atoms with Crippen molar-refractivity contribution >= 4 is 62.8 Å². The molecule has 0 atom stereocenters. The molecular formula is C39H40ClN5O3S2. The first-order valence-electron chi connectivity index (χ1n) is 17.2. The van der Waals surface area contributed by atoms with Crippen molar-refractivity contribution in [2.75, 3.05) is 13.7 Å². The fourth-order valence-corrected chi connectivity index (χ4v) is 9.64. The predicted molar refractivity (Wildman–Crippen MR) is 204 cm³/mol. The second-order valence-electron chi connectivity index (χ2n) is 13.3. The summed E-state index contributed by atoms with van der Waals surface area (Å²) in [6.45, 7) is 8.35. The van der Waals surface area contributed by atoms with Crippen LogP contribution in [0.25, 0.3) is 32.8 Å². The largest absolute Gasteiger partial charge is 0.493 e. The lowest BCUT2D eigenvalue weighted by Crippen LogP contribution is -2.13. The van der Waals surface area contributed by atoms with E-state index in [2.05, 4.69) is 70.2 Å². The van der Waals surface area contributed by atoms with Crippen LogP contribution < -0.4 is 4.74 Å². The van der Waals surface area contributed by atoms with E-state index in [-0.39, 0.29) is 12.0 Å². The van der Waals surface area contributed by atoms with Crippen LogP contribution in [0, 0.1) is 6.92 Å². The van der Waals surface area contributed by atoms with Crippen molar-refractivity contribution in [3.05, 3.63) is 93.7 Å². The van der Waals surface area contributed by atoms with Crippen molar-refractivity contribution in [2.24, 2.45) is 0 Å². The SMILES string of the molecule is COC(=O)c1c(C)c2c3c(Cl)ccc2n1CCCOc1cc(cc2ccccc12)SCc1cc(nn1C(C)C)CSCc1nn2c(c1-3)CCC2. The number of benzene rings is 3. The molecule has 11 heteroatoms. The first-order chi connectivity index (χ1) is 24.3. The molecule has 2 aliphatic heterocycles. The number of hydrogen-bond acceptors (Lipinski definition) is 7. The van der Waals surface area contributed by atoms with E-state index in [0.29, 0.717) is 30.3 Å². The van der Waals surface area contributed by atoms with Crippen LogP contribution in [0.3, 0.4) is 0 Å². The van der Waals surface area contributed by atoms with Crippen LogP contribution in [0.5, 0.6) is 5.75 Å².